The second kappa shape index (κ2) is 15.3. The highest BCUT2D eigenvalue weighted by Gasteiger charge is 2.38. The quantitative estimate of drug-likeness (QED) is 0.197. The molecule has 1 aromatic carbocycles. The monoisotopic (exact) mass is 765 g/mol. The van der Waals surface area contributed by atoms with Crippen molar-refractivity contribution < 1.29 is 42.2 Å². The Labute approximate surface area is 299 Å². The van der Waals surface area contributed by atoms with Gasteiger partial charge in [-0.3, -0.25) is 28.6 Å². The summed E-state index contributed by atoms with van der Waals surface area (Å²) in [5.41, 5.74) is 1.48. The van der Waals surface area contributed by atoms with Gasteiger partial charge in [0, 0.05) is 23.7 Å². The highest BCUT2D eigenvalue weighted by Crippen LogP contribution is 2.35. The lowest BCUT2D eigenvalue weighted by atomic mass is 9.97. The van der Waals surface area contributed by atoms with Crippen molar-refractivity contribution in [2.45, 2.75) is 44.9 Å². The van der Waals surface area contributed by atoms with Crippen LogP contribution < -0.4 is 10.9 Å². The molecule has 0 fully saturated rings. The molecule has 52 heavy (non-hydrogen) atoms. The number of hydrogen-bond acceptors (Lipinski definition) is 9. The largest absolute Gasteiger partial charge is 0.490 e. The maximum absolute atomic E-state index is 15.4. The van der Waals surface area contributed by atoms with E-state index in [1.165, 1.54) is 50.9 Å². The second-order valence-corrected chi connectivity index (χ2v) is 12.1. The Morgan fingerprint density at radius 1 is 1.08 bits per heavy atom. The van der Waals surface area contributed by atoms with Crippen molar-refractivity contribution >= 4 is 46.7 Å². The Morgan fingerprint density at radius 2 is 1.81 bits per heavy atom. The van der Waals surface area contributed by atoms with Gasteiger partial charge in [0.15, 0.2) is 11.0 Å². The zero-order valence-corrected chi connectivity index (χ0v) is 28.1. The number of amides is 1. The summed E-state index contributed by atoms with van der Waals surface area (Å²) in [6, 6.07) is 6.85. The summed E-state index contributed by atoms with van der Waals surface area (Å²) in [6.45, 7) is 1.35. The summed E-state index contributed by atoms with van der Waals surface area (Å²) >= 11 is 12.0. The number of anilines is 1. The minimum Gasteiger partial charge on any atom is -0.480 e. The SMILES string of the molecule is C[C@@H]1CCC[C@H](n2cnc(-c3c(-n4cc(Cl)nn4)ccc(Cl)c3F)cc2=O)c2cc(ccn2)-c2c(cnn2CC(=O)O)NC1=O.O=C(O)C(F)(F)F. The van der Waals surface area contributed by atoms with Crippen LogP contribution in [0.25, 0.3) is 28.2 Å². The third-order valence-corrected chi connectivity index (χ3v) is 8.26. The van der Waals surface area contributed by atoms with Crippen molar-refractivity contribution in [2.24, 2.45) is 5.92 Å². The number of pyridine rings is 1. The number of rotatable bonds is 5. The highest BCUT2D eigenvalue weighted by atomic mass is 35.5. The summed E-state index contributed by atoms with van der Waals surface area (Å²) in [5, 5.41) is 31.2. The molecule has 272 valence electrons. The van der Waals surface area contributed by atoms with Gasteiger partial charge in [-0.2, -0.15) is 18.3 Å². The Kier molecular flexibility index (Phi) is 11.0. The van der Waals surface area contributed by atoms with Crippen LogP contribution in [0.15, 0.2) is 60.0 Å². The van der Waals surface area contributed by atoms with E-state index in [0.717, 1.165) is 0 Å². The molecule has 21 heteroatoms. The summed E-state index contributed by atoms with van der Waals surface area (Å²) in [4.78, 5) is 56.2. The first kappa shape index (κ1) is 37.6. The molecule has 15 nitrogen and oxygen atoms in total. The number of hydrogen-bond donors (Lipinski definition) is 3. The van der Waals surface area contributed by atoms with Crippen LogP contribution in [-0.2, 0) is 20.9 Å². The number of carboxylic acids is 2. The molecule has 6 rings (SSSR count). The number of aromatic nitrogens is 8. The smallest absolute Gasteiger partial charge is 0.480 e. The van der Waals surface area contributed by atoms with Crippen LogP contribution in [0.1, 0.15) is 37.9 Å². The van der Waals surface area contributed by atoms with Gasteiger partial charge in [0.25, 0.3) is 5.56 Å². The Bertz CT molecular complexity index is 2220. The number of benzene rings is 1. The fourth-order valence-corrected chi connectivity index (χ4v) is 5.64. The van der Waals surface area contributed by atoms with Crippen LogP contribution in [-0.4, -0.2) is 73.5 Å². The van der Waals surface area contributed by atoms with Crippen molar-refractivity contribution in [3.8, 4) is 28.2 Å². The molecule has 0 aliphatic carbocycles. The van der Waals surface area contributed by atoms with E-state index >= 15 is 4.39 Å². The zero-order chi connectivity index (χ0) is 37.9. The van der Waals surface area contributed by atoms with Crippen molar-refractivity contribution in [3.63, 3.8) is 0 Å². The Hall–Kier alpha value is -5.69. The maximum Gasteiger partial charge on any atom is 0.490 e. The van der Waals surface area contributed by atoms with Gasteiger partial charge < -0.3 is 15.5 Å². The van der Waals surface area contributed by atoms with Gasteiger partial charge in [-0.15, -0.1) is 5.10 Å². The number of carbonyl (C=O) groups excluding carboxylic acids is 1. The molecule has 1 aliphatic heterocycles. The fourth-order valence-electron chi connectivity index (χ4n) is 5.36. The number of halogens is 6. The zero-order valence-electron chi connectivity index (χ0n) is 26.6. The molecule has 5 heterocycles. The van der Waals surface area contributed by atoms with Gasteiger partial charge in [0.2, 0.25) is 5.91 Å². The maximum atomic E-state index is 15.4. The Morgan fingerprint density at radius 3 is 2.44 bits per heavy atom. The number of aliphatic carboxylic acids is 2. The fraction of sp³-hybridized carbons (Fsp3) is 0.258. The van der Waals surface area contributed by atoms with Gasteiger partial charge >= 0.3 is 18.1 Å². The molecule has 0 saturated heterocycles. The standard InChI is InChI=1S/C29H24Cl2FN9O4.C2HF3O2/c1-15-3-2-4-21(18-9-16(7-8-33-18)28-20(36-29(15)45)11-35-41(28)13-25(43)44)39-14-34-19(10-24(39)42)26-22(6-5-17(30)27(26)32)40-12-23(31)37-38-40;3-2(4,5)1(6)7/h5-12,14-15,21H,2-4,13H2,1H3,(H,36,45)(H,43,44);(H,6,7)/t15-,21+;/m1./s1. The van der Waals surface area contributed by atoms with Crippen LogP contribution in [0.5, 0.6) is 0 Å². The number of alkyl halides is 3. The third kappa shape index (κ3) is 8.26. The van der Waals surface area contributed by atoms with Crippen LogP contribution >= 0.6 is 23.2 Å². The van der Waals surface area contributed by atoms with Crippen molar-refractivity contribution in [1.29, 1.82) is 0 Å². The molecular weight excluding hydrogens is 741 g/mol. The van der Waals surface area contributed by atoms with E-state index < -0.39 is 48.0 Å². The average Bonchev–Trinajstić information content (AvgIpc) is 3.69. The minimum absolute atomic E-state index is 0.0141. The van der Waals surface area contributed by atoms with E-state index in [1.807, 2.05) is 0 Å². The lowest BCUT2D eigenvalue weighted by molar-refractivity contribution is -0.192. The molecule has 0 saturated carbocycles. The van der Waals surface area contributed by atoms with E-state index in [2.05, 4.69) is 30.7 Å². The number of carboxylic acid groups (broad SMARTS) is 2. The molecular formula is C31H25Cl2F4N9O6. The second-order valence-electron chi connectivity index (χ2n) is 11.3. The van der Waals surface area contributed by atoms with Crippen LogP contribution in [0, 0.1) is 11.7 Å². The van der Waals surface area contributed by atoms with Gasteiger partial charge in [0.1, 0.15) is 6.54 Å². The van der Waals surface area contributed by atoms with Crippen molar-refractivity contribution in [2.75, 3.05) is 5.32 Å². The molecule has 1 amide bonds. The normalized spacial score (nSPS) is 16.0. The third-order valence-electron chi connectivity index (χ3n) is 7.80. The lowest BCUT2D eigenvalue weighted by Gasteiger charge is -2.22. The number of nitrogens with one attached hydrogen (secondary N) is 1. The molecule has 0 spiro atoms. The van der Waals surface area contributed by atoms with E-state index in [0.29, 0.717) is 41.9 Å². The summed E-state index contributed by atoms with van der Waals surface area (Å²) in [6.07, 6.45) is 2.05. The van der Waals surface area contributed by atoms with Crippen LogP contribution in [0.3, 0.4) is 0 Å². The molecule has 1 aliphatic rings. The highest BCUT2D eigenvalue weighted by molar-refractivity contribution is 6.31. The first-order valence-corrected chi connectivity index (χ1v) is 15.8. The molecule has 2 bridgehead atoms. The molecule has 0 radical (unpaired) electrons. The molecule has 0 unspecified atom stereocenters. The van der Waals surface area contributed by atoms with E-state index in [-0.39, 0.29) is 33.0 Å². The van der Waals surface area contributed by atoms with Gasteiger partial charge in [-0.1, -0.05) is 41.8 Å². The van der Waals surface area contributed by atoms with Crippen LogP contribution in [0.4, 0.5) is 23.2 Å². The Balaban J connectivity index is 0.000000679. The molecule has 3 N–H and O–H groups in total. The average molecular weight is 766 g/mol. The topological polar surface area (TPSA) is 200 Å². The van der Waals surface area contributed by atoms with E-state index in [9.17, 15) is 32.7 Å². The molecule has 2 atom stereocenters. The summed E-state index contributed by atoms with van der Waals surface area (Å²) < 4.78 is 51.1. The lowest BCUT2D eigenvalue weighted by Crippen LogP contribution is -2.27. The number of fused-ring (bicyclic) bond motifs is 4. The summed E-state index contributed by atoms with van der Waals surface area (Å²) in [5.74, 6) is -5.30. The molecule has 4 aromatic heterocycles. The van der Waals surface area contributed by atoms with Crippen molar-refractivity contribution in [3.05, 3.63) is 87.3 Å². The predicted octanol–water partition coefficient (Wildman–Crippen LogP) is 5.26. The first-order valence-electron chi connectivity index (χ1n) is 15.0. The van der Waals surface area contributed by atoms with Crippen molar-refractivity contribution in [1.82, 2.24) is 39.3 Å². The minimum atomic E-state index is -5.08. The first-order chi connectivity index (χ1) is 24.5. The van der Waals surface area contributed by atoms with Gasteiger partial charge in [-0.25, -0.2) is 18.9 Å². The van der Waals surface area contributed by atoms with Gasteiger partial charge in [-0.05, 0) is 37.1 Å². The number of carbonyl (C=O) groups is 3. The number of nitrogens with zero attached hydrogens (tertiary/aromatic N) is 8. The van der Waals surface area contributed by atoms with E-state index in [4.69, 9.17) is 33.1 Å². The predicted molar refractivity (Wildman–Crippen MR) is 175 cm³/mol. The van der Waals surface area contributed by atoms with Gasteiger partial charge in [0.05, 0.1) is 63.8 Å². The summed E-state index contributed by atoms with van der Waals surface area (Å²) in [7, 11) is 0. The van der Waals surface area contributed by atoms with Crippen LogP contribution in [0.2, 0.25) is 10.2 Å². The molecule has 5 aromatic rings. The van der Waals surface area contributed by atoms with E-state index in [1.54, 1.807) is 25.3 Å².